The Bertz CT molecular complexity index is 398. The first-order chi connectivity index (χ1) is 8.04. The topological polar surface area (TPSA) is 47.3 Å². The molecule has 0 fully saturated rings. The number of halogens is 1. The number of nitrogens with one attached hydrogen (secondary N) is 1. The predicted molar refractivity (Wildman–Crippen MR) is 71.9 cm³/mol. The van der Waals surface area contributed by atoms with E-state index in [2.05, 4.69) is 5.32 Å². The number of benzene rings is 1. The Morgan fingerprint density at radius 1 is 1.59 bits per heavy atom. The van der Waals surface area contributed by atoms with Gasteiger partial charge in [-0.1, -0.05) is 12.2 Å². The fourth-order valence-electron chi connectivity index (χ4n) is 1.48. The molecule has 0 aromatic heterocycles. The number of thiocarbonyl (C=S) groups is 1. The molecule has 1 unspecified atom stereocenters. The summed E-state index contributed by atoms with van der Waals surface area (Å²) in [6, 6.07) is 4.57. The van der Waals surface area contributed by atoms with E-state index in [0.717, 1.165) is 12.1 Å². The molecule has 0 heterocycles. The maximum Gasteiger partial charge on any atom is 0.124 e. The Hall–Kier alpha value is -1.20. The van der Waals surface area contributed by atoms with Gasteiger partial charge in [-0.15, -0.1) is 0 Å². The summed E-state index contributed by atoms with van der Waals surface area (Å²) in [6.07, 6.45) is 0.852. The van der Waals surface area contributed by atoms with Crippen molar-refractivity contribution >= 4 is 22.9 Å². The van der Waals surface area contributed by atoms with Crippen molar-refractivity contribution in [1.29, 1.82) is 0 Å². The number of nitrogens with two attached hydrogens (primary N) is 1. The zero-order chi connectivity index (χ0) is 12.8. The van der Waals surface area contributed by atoms with Crippen LogP contribution in [0.5, 0.6) is 0 Å². The van der Waals surface area contributed by atoms with Crippen molar-refractivity contribution in [2.24, 2.45) is 5.73 Å². The molecule has 0 aliphatic carbocycles. The number of ether oxygens (including phenoxy) is 1. The smallest absolute Gasteiger partial charge is 0.124 e. The molecule has 0 aliphatic rings. The van der Waals surface area contributed by atoms with Gasteiger partial charge in [0.1, 0.15) is 10.8 Å². The molecule has 5 heteroatoms. The standard InChI is InChI=1S/C12H17FN2OS/c1-8(5-6-16-2)15-11-4-3-9(13)7-10(11)12(14)17/h3-4,7-8,15H,5-6H2,1-2H3,(H2,14,17). The summed E-state index contributed by atoms with van der Waals surface area (Å²) in [4.78, 5) is 0.186. The van der Waals surface area contributed by atoms with Gasteiger partial charge in [0.2, 0.25) is 0 Å². The summed E-state index contributed by atoms with van der Waals surface area (Å²) in [5.41, 5.74) is 6.84. The van der Waals surface area contributed by atoms with Crippen molar-refractivity contribution in [2.45, 2.75) is 19.4 Å². The van der Waals surface area contributed by atoms with E-state index in [1.807, 2.05) is 6.92 Å². The van der Waals surface area contributed by atoms with Crippen LogP contribution >= 0.6 is 12.2 Å². The molecule has 1 aromatic rings. The lowest BCUT2D eigenvalue weighted by Crippen LogP contribution is -2.20. The van der Waals surface area contributed by atoms with Crippen LogP contribution in [0.3, 0.4) is 0 Å². The summed E-state index contributed by atoms with van der Waals surface area (Å²) in [5.74, 6) is -0.345. The third-order valence-corrected chi connectivity index (χ3v) is 2.62. The Morgan fingerprint density at radius 3 is 2.88 bits per heavy atom. The Kier molecular flexibility index (Phi) is 5.31. The van der Waals surface area contributed by atoms with E-state index in [1.165, 1.54) is 12.1 Å². The van der Waals surface area contributed by atoms with E-state index in [4.69, 9.17) is 22.7 Å². The van der Waals surface area contributed by atoms with Crippen LogP contribution in [0, 0.1) is 5.82 Å². The molecule has 3 N–H and O–H groups in total. The second-order valence-corrected chi connectivity index (χ2v) is 4.32. The minimum Gasteiger partial charge on any atom is -0.389 e. The molecule has 1 rings (SSSR count). The molecule has 0 amide bonds. The summed E-state index contributed by atoms with van der Waals surface area (Å²) in [5, 5.41) is 3.24. The molecule has 1 aromatic carbocycles. The van der Waals surface area contributed by atoms with Gasteiger partial charge >= 0.3 is 0 Å². The van der Waals surface area contributed by atoms with Crippen LogP contribution in [0.4, 0.5) is 10.1 Å². The van der Waals surface area contributed by atoms with E-state index in [9.17, 15) is 4.39 Å². The van der Waals surface area contributed by atoms with Crippen LogP contribution in [0.2, 0.25) is 0 Å². The van der Waals surface area contributed by atoms with Gasteiger partial charge in [0.15, 0.2) is 0 Å². The molecule has 1 atom stereocenters. The van der Waals surface area contributed by atoms with Gasteiger partial charge in [-0.25, -0.2) is 4.39 Å². The summed E-state index contributed by atoms with van der Waals surface area (Å²) in [7, 11) is 1.66. The van der Waals surface area contributed by atoms with Crippen LogP contribution in [0.1, 0.15) is 18.9 Å². The molecule has 0 radical (unpaired) electrons. The van der Waals surface area contributed by atoms with Crippen molar-refractivity contribution in [3.63, 3.8) is 0 Å². The summed E-state index contributed by atoms with van der Waals surface area (Å²) in [6.45, 7) is 2.68. The summed E-state index contributed by atoms with van der Waals surface area (Å²) < 4.78 is 18.1. The first kappa shape index (κ1) is 13.9. The van der Waals surface area contributed by atoms with Gasteiger partial charge in [0.05, 0.1) is 0 Å². The zero-order valence-electron chi connectivity index (χ0n) is 10.00. The van der Waals surface area contributed by atoms with Crippen LogP contribution in [-0.2, 0) is 4.74 Å². The van der Waals surface area contributed by atoms with Crippen LogP contribution in [-0.4, -0.2) is 24.7 Å². The third-order valence-electron chi connectivity index (χ3n) is 2.40. The predicted octanol–water partition coefficient (Wildman–Crippen LogP) is 2.30. The first-order valence-corrected chi connectivity index (χ1v) is 5.80. The normalized spacial score (nSPS) is 12.2. The van der Waals surface area contributed by atoms with E-state index in [-0.39, 0.29) is 16.8 Å². The minimum absolute atomic E-state index is 0.186. The summed E-state index contributed by atoms with van der Waals surface area (Å²) >= 11 is 4.90. The highest BCUT2D eigenvalue weighted by molar-refractivity contribution is 7.80. The molecular formula is C12H17FN2OS. The Morgan fingerprint density at radius 2 is 2.29 bits per heavy atom. The average molecular weight is 256 g/mol. The highest BCUT2D eigenvalue weighted by atomic mass is 32.1. The van der Waals surface area contributed by atoms with Crippen LogP contribution in [0.25, 0.3) is 0 Å². The zero-order valence-corrected chi connectivity index (χ0v) is 10.8. The molecule has 0 saturated carbocycles. The van der Waals surface area contributed by atoms with Crippen LogP contribution in [0.15, 0.2) is 18.2 Å². The van der Waals surface area contributed by atoms with E-state index in [1.54, 1.807) is 13.2 Å². The number of methoxy groups -OCH3 is 1. The maximum atomic E-state index is 13.1. The molecule has 94 valence electrons. The van der Waals surface area contributed by atoms with Crippen LogP contribution < -0.4 is 11.1 Å². The Labute approximate surface area is 106 Å². The van der Waals surface area contributed by atoms with Gasteiger partial charge in [0.25, 0.3) is 0 Å². The van der Waals surface area contributed by atoms with Crippen molar-refractivity contribution in [2.75, 3.05) is 19.0 Å². The molecule has 3 nitrogen and oxygen atoms in total. The van der Waals surface area contributed by atoms with Crippen molar-refractivity contribution in [3.8, 4) is 0 Å². The van der Waals surface area contributed by atoms with Gasteiger partial charge in [-0.2, -0.15) is 0 Å². The molecule has 17 heavy (non-hydrogen) atoms. The quantitative estimate of drug-likeness (QED) is 0.767. The molecule has 0 saturated heterocycles. The minimum atomic E-state index is -0.345. The largest absolute Gasteiger partial charge is 0.389 e. The maximum absolute atomic E-state index is 13.1. The first-order valence-electron chi connectivity index (χ1n) is 5.39. The highest BCUT2D eigenvalue weighted by Gasteiger charge is 2.09. The second kappa shape index (κ2) is 6.51. The molecule has 0 aliphatic heterocycles. The van der Waals surface area contributed by atoms with Crippen molar-refractivity contribution in [1.82, 2.24) is 0 Å². The van der Waals surface area contributed by atoms with Gasteiger partial charge in [-0.05, 0) is 31.5 Å². The van der Waals surface area contributed by atoms with Gasteiger partial charge in [-0.3, -0.25) is 0 Å². The van der Waals surface area contributed by atoms with Gasteiger partial charge in [0, 0.05) is 31.0 Å². The second-order valence-electron chi connectivity index (χ2n) is 3.88. The molecule has 0 bridgehead atoms. The number of rotatable bonds is 6. The number of hydrogen-bond donors (Lipinski definition) is 2. The monoisotopic (exact) mass is 256 g/mol. The number of anilines is 1. The lowest BCUT2D eigenvalue weighted by molar-refractivity contribution is 0.191. The lowest BCUT2D eigenvalue weighted by Gasteiger charge is -2.17. The van der Waals surface area contributed by atoms with Gasteiger partial charge < -0.3 is 15.8 Å². The fourth-order valence-corrected chi connectivity index (χ4v) is 1.65. The van der Waals surface area contributed by atoms with Crippen molar-refractivity contribution in [3.05, 3.63) is 29.6 Å². The lowest BCUT2D eigenvalue weighted by atomic mass is 10.1. The number of hydrogen-bond acceptors (Lipinski definition) is 3. The highest BCUT2D eigenvalue weighted by Crippen LogP contribution is 2.18. The average Bonchev–Trinajstić information content (AvgIpc) is 2.28. The van der Waals surface area contributed by atoms with E-state index < -0.39 is 0 Å². The third kappa shape index (κ3) is 4.28. The Balaban J connectivity index is 2.79. The molecule has 0 spiro atoms. The van der Waals surface area contributed by atoms with Crippen molar-refractivity contribution < 1.29 is 9.13 Å². The fraction of sp³-hybridized carbons (Fsp3) is 0.417. The molecular weight excluding hydrogens is 239 g/mol. The SMILES string of the molecule is COCCC(C)Nc1ccc(F)cc1C(N)=S. The van der Waals surface area contributed by atoms with E-state index in [0.29, 0.717) is 12.2 Å². The van der Waals surface area contributed by atoms with E-state index >= 15 is 0 Å².